The van der Waals surface area contributed by atoms with E-state index >= 15 is 0 Å². The highest BCUT2D eigenvalue weighted by molar-refractivity contribution is 5.78. The summed E-state index contributed by atoms with van der Waals surface area (Å²) in [6, 6.07) is 9.09. The minimum Gasteiger partial charge on any atom is -0.370 e. The summed E-state index contributed by atoms with van der Waals surface area (Å²) in [7, 11) is 0. The summed E-state index contributed by atoms with van der Waals surface area (Å²) in [6.45, 7) is 11.3. The Balaban J connectivity index is 2.74. The standard InChI is InChI=1S/C16H27N3/c1-6-13-7-9-14(10-8-13)16(4,5)11-18-15(17)19-12(2)3/h7-10,12H,6,11H2,1-5H3,(H3,17,18,19). The molecule has 0 amide bonds. The average molecular weight is 261 g/mol. The van der Waals surface area contributed by atoms with Crippen molar-refractivity contribution in [3.05, 3.63) is 35.4 Å². The van der Waals surface area contributed by atoms with E-state index < -0.39 is 0 Å². The number of aliphatic imine (C=N–C) groups is 1. The van der Waals surface area contributed by atoms with Gasteiger partial charge in [0.25, 0.3) is 0 Å². The lowest BCUT2D eigenvalue weighted by atomic mass is 9.84. The van der Waals surface area contributed by atoms with Gasteiger partial charge in [-0.25, -0.2) is 0 Å². The second-order valence-electron chi connectivity index (χ2n) is 5.93. The largest absolute Gasteiger partial charge is 0.370 e. The van der Waals surface area contributed by atoms with Gasteiger partial charge in [0, 0.05) is 11.5 Å². The van der Waals surface area contributed by atoms with Crippen LogP contribution in [0.15, 0.2) is 29.3 Å². The number of nitrogens with two attached hydrogens (primary N) is 1. The molecule has 0 fully saturated rings. The van der Waals surface area contributed by atoms with Crippen LogP contribution in [0.2, 0.25) is 0 Å². The lowest BCUT2D eigenvalue weighted by Crippen LogP contribution is -2.38. The van der Waals surface area contributed by atoms with E-state index in [1.165, 1.54) is 11.1 Å². The minimum atomic E-state index is -0.00441. The number of nitrogens with one attached hydrogen (secondary N) is 1. The first-order chi connectivity index (χ1) is 8.85. The third kappa shape index (κ3) is 4.93. The second-order valence-corrected chi connectivity index (χ2v) is 5.93. The third-order valence-corrected chi connectivity index (χ3v) is 3.22. The first-order valence-corrected chi connectivity index (χ1v) is 7.01. The molecule has 0 aliphatic heterocycles. The van der Waals surface area contributed by atoms with Crippen LogP contribution in [-0.2, 0) is 11.8 Å². The Bertz CT molecular complexity index is 416. The van der Waals surface area contributed by atoms with Crippen molar-refractivity contribution in [3.8, 4) is 0 Å². The topological polar surface area (TPSA) is 50.4 Å². The molecule has 0 radical (unpaired) electrons. The van der Waals surface area contributed by atoms with Crippen LogP contribution >= 0.6 is 0 Å². The predicted octanol–water partition coefficient (Wildman–Crippen LogP) is 2.84. The fourth-order valence-corrected chi connectivity index (χ4v) is 1.91. The zero-order valence-corrected chi connectivity index (χ0v) is 12.8. The van der Waals surface area contributed by atoms with Gasteiger partial charge in [-0.2, -0.15) is 0 Å². The van der Waals surface area contributed by atoms with Crippen molar-refractivity contribution in [3.63, 3.8) is 0 Å². The fourth-order valence-electron chi connectivity index (χ4n) is 1.91. The molecule has 1 rings (SSSR count). The Morgan fingerprint density at radius 1 is 1.26 bits per heavy atom. The molecule has 0 saturated heterocycles. The number of hydrogen-bond donors (Lipinski definition) is 2. The molecule has 0 unspecified atom stereocenters. The van der Waals surface area contributed by atoms with Crippen LogP contribution in [-0.4, -0.2) is 18.5 Å². The maximum absolute atomic E-state index is 5.84. The summed E-state index contributed by atoms with van der Waals surface area (Å²) in [5.41, 5.74) is 8.50. The normalized spacial score (nSPS) is 12.8. The van der Waals surface area contributed by atoms with Gasteiger partial charge in [-0.15, -0.1) is 0 Å². The molecule has 3 N–H and O–H groups in total. The Morgan fingerprint density at radius 2 is 1.84 bits per heavy atom. The lowest BCUT2D eigenvalue weighted by Gasteiger charge is -2.24. The van der Waals surface area contributed by atoms with Crippen molar-refractivity contribution in [1.29, 1.82) is 0 Å². The number of guanidine groups is 1. The molecular formula is C16H27N3. The van der Waals surface area contributed by atoms with Crippen LogP contribution in [0, 0.1) is 0 Å². The van der Waals surface area contributed by atoms with Crippen LogP contribution in [0.3, 0.4) is 0 Å². The Kier molecular flexibility index (Phi) is 5.40. The highest BCUT2D eigenvalue weighted by Crippen LogP contribution is 2.23. The van der Waals surface area contributed by atoms with Crippen molar-refractivity contribution in [2.45, 2.75) is 52.5 Å². The van der Waals surface area contributed by atoms with Gasteiger partial charge in [0.1, 0.15) is 0 Å². The van der Waals surface area contributed by atoms with E-state index in [0.717, 1.165) is 6.42 Å². The summed E-state index contributed by atoms with van der Waals surface area (Å²) in [4.78, 5) is 4.44. The van der Waals surface area contributed by atoms with Gasteiger partial charge < -0.3 is 11.1 Å². The number of benzene rings is 1. The van der Waals surface area contributed by atoms with Crippen molar-refractivity contribution in [2.24, 2.45) is 10.7 Å². The molecule has 1 aromatic carbocycles. The Morgan fingerprint density at radius 3 is 2.32 bits per heavy atom. The fraction of sp³-hybridized carbons (Fsp3) is 0.562. The van der Waals surface area contributed by atoms with Crippen molar-refractivity contribution >= 4 is 5.96 Å². The van der Waals surface area contributed by atoms with Crippen LogP contribution in [0.4, 0.5) is 0 Å². The first kappa shape index (κ1) is 15.5. The molecule has 3 nitrogen and oxygen atoms in total. The maximum atomic E-state index is 5.84. The highest BCUT2D eigenvalue weighted by Gasteiger charge is 2.20. The summed E-state index contributed by atoms with van der Waals surface area (Å²) in [5.74, 6) is 0.522. The number of rotatable bonds is 5. The minimum absolute atomic E-state index is 0.00441. The van der Waals surface area contributed by atoms with Crippen molar-refractivity contribution < 1.29 is 0 Å². The number of hydrogen-bond acceptors (Lipinski definition) is 1. The molecule has 0 saturated carbocycles. The second kappa shape index (κ2) is 6.60. The maximum Gasteiger partial charge on any atom is 0.188 e. The summed E-state index contributed by atoms with van der Waals surface area (Å²) in [5, 5.41) is 3.11. The molecule has 0 bridgehead atoms. The molecule has 3 heteroatoms. The SMILES string of the molecule is CCc1ccc(C(C)(C)CN=C(N)NC(C)C)cc1. The first-order valence-electron chi connectivity index (χ1n) is 7.01. The number of nitrogens with zero attached hydrogens (tertiary/aromatic N) is 1. The molecule has 0 heterocycles. The van der Waals surface area contributed by atoms with Gasteiger partial charge in [0.15, 0.2) is 5.96 Å². The van der Waals surface area contributed by atoms with Crippen molar-refractivity contribution in [2.75, 3.05) is 6.54 Å². The highest BCUT2D eigenvalue weighted by atomic mass is 15.1. The summed E-state index contributed by atoms with van der Waals surface area (Å²) < 4.78 is 0. The van der Waals surface area contributed by atoms with Gasteiger partial charge in [-0.05, 0) is 31.4 Å². The Labute approximate surface area is 117 Å². The molecule has 0 aliphatic carbocycles. The predicted molar refractivity (Wildman–Crippen MR) is 83.6 cm³/mol. The van der Waals surface area contributed by atoms with Gasteiger partial charge in [0.2, 0.25) is 0 Å². The molecule has 0 aliphatic rings. The third-order valence-electron chi connectivity index (χ3n) is 3.22. The quantitative estimate of drug-likeness (QED) is 0.632. The van der Waals surface area contributed by atoms with Crippen molar-refractivity contribution in [1.82, 2.24) is 5.32 Å². The van der Waals surface area contributed by atoms with Gasteiger partial charge in [-0.1, -0.05) is 45.0 Å². The smallest absolute Gasteiger partial charge is 0.188 e. The van der Waals surface area contributed by atoms with E-state index in [-0.39, 0.29) is 5.41 Å². The van der Waals surface area contributed by atoms with E-state index in [2.05, 4.69) is 69.2 Å². The summed E-state index contributed by atoms with van der Waals surface area (Å²) in [6.07, 6.45) is 1.07. The number of aryl methyl sites for hydroxylation is 1. The van der Waals surface area contributed by atoms with E-state index in [1.54, 1.807) is 0 Å². The van der Waals surface area contributed by atoms with E-state index in [0.29, 0.717) is 18.5 Å². The van der Waals surface area contributed by atoms with Crippen LogP contribution in [0.1, 0.15) is 45.7 Å². The zero-order chi connectivity index (χ0) is 14.5. The Hall–Kier alpha value is -1.51. The van der Waals surface area contributed by atoms with E-state index in [9.17, 15) is 0 Å². The molecule has 1 aromatic rings. The molecular weight excluding hydrogens is 234 g/mol. The monoisotopic (exact) mass is 261 g/mol. The van der Waals surface area contributed by atoms with Gasteiger partial charge >= 0.3 is 0 Å². The van der Waals surface area contributed by atoms with Gasteiger partial charge in [0.05, 0.1) is 6.54 Å². The molecule has 0 spiro atoms. The van der Waals surface area contributed by atoms with Gasteiger partial charge in [-0.3, -0.25) is 4.99 Å². The van der Waals surface area contributed by atoms with Crippen LogP contribution in [0.25, 0.3) is 0 Å². The zero-order valence-electron chi connectivity index (χ0n) is 12.8. The van der Waals surface area contributed by atoms with E-state index in [4.69, 9.17) is 5.73 Å². The molecule has 19 heavy (non-hydrogen) atoms. The van der Waals surface area contributed by atoms with E-state index in [1.807, 2.05) is 0 Å². The molecule has 0 atom stereocenters. The van der Waals surface area contributed by atoms with Crippen LogP contribution < -0.4 is 11.1 Å². The van der Waals surface area contributed by atoms with Crippen LogP contribution in [0.5, 0.6) is 0 Å². The lowest BCUT2D eigenvalue weighted by molar-refractivity contribution is 0.537. The molecule has 106 valence electrons. The summed E-state index contributed by atoms with van der Waals surface area (Å²) >= 11 is 0. The molecule has 0 aromatic heterocycles. The average Bonchev–Trinajstić information content (AvgIpc) is 2.36.